The zero-order valence-electron chi connectivity index (χ0n) is 8.57. The molecule has 0 saturated heterocycles. The lowest BCUT2D eigenvalue weighted by Crippen LogP contribution is -2.25. The van der Waals surface area contributed by atoms with Crippen LogP contribution in [0.15, 0.2) is 18.3 Å². The van der Waals surface area contributed by atoms with E-state index in [9.17, 15) is 9.18 Å². The smallest absolute Gasteiger partial charge is 0.381 e. The fourth-order valence-electron chi connectivity index (χ4n) is 0.961. The van der Waals surface area contributed by atoms with Gasteiger partial charge >= 0.3 is 12.3 Å². The maximum Gasteiger partial charge on any atom is 0.381 e. The maximum absolute atomic E-state index is 13.1. The van der Waals surface area contributed by atoms with Gasteiger partial charge in [0.25, 0.3) is 0 Å². The first-order valence-electron chi connectivity index (χ1n) is 4.54. The number of nitrogens with zero attached hydrogens (tertiary/aromatic N) is 1. The average Bonchev–Trinajstić information content (AvgIpc) is 2.21. The fourth-order valence-corrected chi connectivity index (χ4v) is 0.961. The van der Waals surface area contributed by atoms with Gasteiger partial charge in [-0.25, -0.2) is 4.79 Å². The Kier molecular flexibility index (Phi) is 4.03. The zero-order valence-corrected chi connectivity index (χ0v) is 8.57. The number of ether oxygens (including phenoxy) is 2. The van der Waals surface area contributed by atoms with Crippen molar-refractivity contribution in [3.8, 4) is 5.75 Å². The van der Waals surface area contributed by atoms with E-state index >= 15 is 0 Å². The minimum absolute atomic E-state index is 0.120. The lowest BCUT2D eigenvalue weighted by molar-refractivity contribution is -0.159. The first-order valence-corrected chi connectivity index (χ1v) is 4.54. The molecule has 82 valence electrons. The number of aryl methyl sites for hydroxylation is 1. The van der Waals surface area contributed by atoms with Crippen molar-refractivity contribution in [2.24, 2.45) is 0 Å². The molecule has 4 nitrogen and oxygen atoms in total. The molecular weight excluding hydrogens is 201 g/mol. The van der Waals surface area contributed by atoms with E-state index in [-0.39, 0.29) is 12.4 Å². The van der Waals surface area contributed by atoms with E-state index in [1.54, 1.807) is 26.1 Å². The summed E-state index contributed by atoms with van der Waals surface area (Å²) in [5.41, 5.74) is 0.518. The monoisotopic (exact) mass is 213 g/mol. The van der Waals surface area contributed by atoms with Crippen LogP contribution in [0.1, 0.15) is 12.6 Å². The number of pyridine rings is 1. The van der Waals surface area contributed by atoms with Gasteiger partial charge < -0.3 is 9.47 Å². The number of halogens is 1. The third-order valence-electron chi connectivity index (χ3n) is 1.66. The Balaban J connectivity index is 2.62. The number of esters is 1. The highest BCUT2D eigenvalue weighted by Gasteiger charge is 2.20. The molecule has 0 spiro atoms. The van der Waals surface area contributed by atoms with Crippen molar-refractivity contribution in [1.29, 1.82) is 0 Å². The van der Waals surface area contributed by atoms with Crippen LogP contribution in [0, 0.1) is 6.92 Å². The summed E-state index contributed by atoms with van der Waals surface area (Å²) in [7, 11) is 0. The molecule has 1 aromatic heterocycles. The summed E-state index contributed by atoms with van der Waals surface area (Å²) in [6.07, 6.45) is -0.548. The maximum atomic E-state index is 13.1. The van der Waals surface area contributed by atoms with Crippen molar-refractivity contribution in [1.82, 2.24) is 4.98 Å². The highest BCUT2D eigenvalue weighted by molar-refractivity contribution is 5.73. The van der Waals surface area contributed by atoms with Gasteiger partial charge in [-0.15, -0.1) is 0 Å². The summed E-state index contributed by atoms with van der Waals surface area (Å²) in [5.74, 6) is -0.793. The van der Waals surface area contributed by atoms with Gasteiger partial charge in [-0.05, 0) is 26.0 Å². The first-order chi connectivity index (χ1) is 7.15. The van der Waals surface area contributed by atoms with Crippen molar-refractivity contribution in [2.45, 2.75) is 20.2 Å². The molecule has 1 aromatic rings. The summed E-state index contributed by atoms with van der Waals surface area (Å²) < 4.78 is 22.3. The minimum Gasteiger partial charge on any atom is -0.461 e. The van der Waals surface area contributed by atoms with Gasteiger partial charge in [-0.2, -0.15) is 4.39 Å². The first kappa shape index (κ1) is 11.4. The van der Waals surface area contributed by atoms with Gasteiger partial charge in [0.1, 0.15) is 5.75 Å². The lowest BCUT2D eigenvalue weighted by atomic mass is 10.3. The van der Waals surface area contributed by atoms with Crippen molar-refractivity contribution in [3.05, 3.63) is 24.0 Å². The number of alkyl halides is 1. The normalized spacial score (nSPS) is 11.9. The van der Waals surface area contributed by atoms with Crippen LogP contribution in [-0.4, -0.2) is 23.9 Å². The van der Waals surface area contributed by atoms with Crippen LogP contribution in [0.3, 0.4) is 0 Å². The SMILES string of the molecule is CCOC(=O)C(F)Oc1cccnc1C. The van der Waals surface area contributed by atoms with Crippen LogP contribution in [0.5, 0.6) is 5.75 Å². The number of rotatable bonds is 4. The average molecular weight is 213 g/mol. The second-order valence-corrected chi connectivity index (χ2v) is 2.77. The van der Waals surface area contributed by atoms with Gasteiger partial charge in [0.2, 0.25) is 0 Å². The summed E-state index contributed by atoms with van der Waals surface area (Å²) in [4.78, 5) is 14.8. The molecule has 0 aliphatic rings. The van der Waals surface area contributed by atoms with Crippen molar-refractivity contribution < 1.29 is 18.7 Å². The topological polar surface area (TPSA) is 48.4 Å². The Bertz CT molecular complexity index is 343. The molecule has 5 heteroatoms. The van der Waals surface area contributed by atoms with Gasteiger partial charge in [-0.1, -0.05) is 0 Å². The molecule has 0 N–H and O–H groups in total. The molecule has 0 radical (unpaired) electrons. The molecule has 1 unspecified atom stereocenters. The highest BCUT2D eigenvalue weighted by Crippen LogP contribution is 2.16. The van der Waals surface area contributed by atoms with E-state index in [1.165, 1.54) is 6.07 Å². The number of carbonyl (C=O) groups excluding carboxylic acids is 1. The van der Waals surface area contributed by atoms with Crippen LogP contribution in [-0.2, 0) is 9.53 Å². The van der Waals surface area contributed by atoms with E-state index in [2.05, 4.69) is 9.72 Å². The predicted molar refractivity (Wildman–Crippen MR) is 51.1 cm³/mol. The largest absolute Gasteiger partial charge is 0.461 e. The molecule has 0 fully saturated rings. The number of hydrogen-bond acceptors (Lipinski definition) is 4. The Morgan fingerprint density at radius 2 is 2.40 bits per heavy atom. The summed E-state index contributed by atoms with van der Waals surface area (Å²) in [5, 5.41) is 0. The standard InChI is InChI=1S/C10H12FNO3/c1-3-14-10(13)9(11)15-8-5-4-6-12-7(8)2/h4-6,9H,3H2,1-2H3. The van der Waals surface area contributed by atoms with Crippen LogP contribution in [0.4, 0.5) is 4.39 Å². The lowest BCUT2D eigenvalue weighted by Gasteiger charge is -2.11. The third-order valence-corrected chi connectivity index (χ3v) is 1.66. The van der Waals surface area contributed by atoms with E-state index in [0.29, 0.717) is 5.69 Å². The van der Waals surface area contributed by atoms with Crippen molar-refractivity contribution in [3.63, 3.8) is 0 Å². The summed E-state index contributed by atoms with van der Waals surface area (Å²) >= 11 is 0. The highest BCUT2D eigenvalue weighted by atomic mass is 19.1. The molecule has 0 saturated carbocycles. The van der Waals surface area contributed by atoms with Crippen LogP contribution < -0.4 is 4.74 Å². The zero-order chi connectivity index (χ0) is 11.3. The molecule has 15 heavy (non-hydrogen) atoms. The van der Waals surface area contributed by atoms with E-state index in [1.807, 2.05) is 0 Å². The van der Waals surface area contributed by atoms with Gasteiger partial charge in [-0.3, -0.25) is 4.98 Å². The van der Waals surface area contributed by atoms with E-state index < -0.39 is 12.3 Å². The molecule has 0 aliphatic carbocycles. The van der Waals surface area contributed by atoms with Gasteiger partial charge in [0.15, 0.2) is 0 Å². The summed E-state index contributed by atoms with van der Waals surface area (Å²) in [6, 6.07) is 3.13. The molecule has 0 bridgehead atoms. The van der Waals surface area contributed by atoms with Crippen LogP contribution in [0.25, 0.3) is 0 Å². The molecule has 0 aliphatic heterocycles. The molecule has 1 atom stereocenters. The van der Waals surface area contributed by atoms with Crippen molar-refractivity contribution in [2.75, 3.05) is 6.61 Å². The quantitative estimate of drug-likeness (QED) is 0.713. The number of aromatic nitrogens is 1. The van der Waals surface area contributed by atoms with Crippen LogP contribution in [0.2, 0.25) is 0 Å². The molecule has 1 rings (SSSR count). The molecular formula is C10H12FNO3. The Morgan fingerprint density at radius 3 is 3.00 bits per heavy atom. The minimum atomic E-state index is -2.10. The molecule has 0 amide bonds. The fraction of sp³-hybridized carbons (Fsp3) is 0.400. The third kappa shape index (κ3) is 3.19. The number of carbonyl (C=O) groups is 1. The molecule has 0 aromatic carbocycles. The van der Waals surface area contributed by atoms with Gasteiger partial charge in [0.05, 0.1) is 12.3 Å². The second-order valence-electron chi connectivity index (χ2n) is 2.77. The summed E-state index contributed by atoms with van der Waals surface area (Å²) in [6.45, 7) is 3.38. The van der Waals surface area contributed by atoms with E-state index in [4.69, 9.17) is 4.74 Å². The Labute approximate surface area is 87.0 Å². The van der Waals surface area contributed by atoms with Crippen LogP contribution >= 0.6 is 0 Å². The number of hydrogen-bond donors (Lipinski definition) is 0. The Hall–Kier alpha value is -1.65. The predicted octanol–water partition coefficient (Wildman–Crippen LogP) is 1.63. The Morgan fingerprint density at radius 1 is 1.67 bits per heavy atom. The second kappa shape index (κ2) is 5.29. The van der Waals surface area contributed by atoms with Crippen molar-refractivity contribution >= 4 is 5.97 Å². The van der Waals surface area contributed by atoms with Gasteiger partial charge in [0, 0.05) is 6.20 Å². The molecule has 1 heterocycles. The van der Waals surface area contributed by atoms with E-state index in [0.717, 1.165) is 0 Å².